The van der Waals surface area contributed by atoms with Crippen molar-refractivity contribution in [3.63, 3.8) is 0 Å². The maximum absolute atomic E-state index is 13.3. The predicted molar refractivity (Wildman–Crippen MR) is 52.4 cm³/mol. The molecule has 0 spiro atoms. The Morgan fingerprint density at radius 2 is 2.20 bits per heavy atom. The van der Waals surface area contributed by atoms with E-state index < -0.39 is 6.10 Å². The molecule has 2 rings (SSSR count). The van der Waals surface area contributed by atoms with Gasteiger partial charge in [0.05, 0.1) is 12.5 Å². The Morgan fingerprint density at radius 1 is 1.47 bits per heavy atom. The molecule has 3 nitrogen and oxygen atoms in total. The maximum Gasteiger partial charge on any atom is 0.225 e. The second-order valence-corrected chi connectivity index (χ2v) is 3.72. The van der Waals surface area contributed by atoms with Gasteiger partial charge in [0, 0.05) is 18.7 Å². The smallest absolute Gasteiger partial charge is 0.225 e. The van der Waals surface area contributed by atoms with E-state index in [1.54, 1.807) is 18.2 Å². The number of hydrogen-bond donors (Lipinski definition) is 1. The van der Waals surface area contributed by atoms with Crippen LogP contribution in [0.3, 0.4) is 0 Å². The number of likely N-dealkylation sites (tertiary alicyclic amines) is 1. The first kappa shape index (κ1) is 10.1. The van der Waals surface area contributed by atoms with Gasteiger partial charge in [0.15, 0.2) is 0 Å². The minimum Gasteiger partial charge on any atom is -0.391 e. The molecule has 1 aliphatic heterocycles. The fraction of sp³-hybridized carbons (Fsp3) is 0.364. The molecule has 1 atom stereocenters. The Kier molecular flexibility index (Phi) is 2.68. The van der Waals surface area contributed by atoms with E-state index in [1.165, 1.54) is 11.0 Å². The van der Waals surface area contributed by atoms with Crippen molar-refractivity contribution in [2.45, 2.75) is 19.1 Å². The Hall–Kier alpha value is -1.42. The largest absolute Gasteiger partial charge is 0.391 e. The number of amides is 1. The van der Waals surface area contributed by atoms with Crippen LogP contribution in [0.5, 0.6) is 0 Å². The van der Waals surface area contributed by atoms with Crippen molar-refractivity contribution in [3.05, 3.63) is 35.6 Å². The molecular formula is C11H12FNO2. The summed E-state index contributed by atoms with van der Waals surface area (Å²) in [5.41, 5.74) is 0.486. The number of benzene rings is 1. The summed E-state index contributed by atoms with van der Waals surface area (Å²) in [6, 6.07) is 6.36. The van der Waals surface area contributed by atoms with Gasteiger partial charge in [-0.1, -0.05) is 18.2 Å². The molecule has 4 heteroatoms. The van der Waals surface area contributed by atoms with Gasteiger partial charge in [-0.05, 0) is 6.07 Å². The molecule has 0 aliphatic carbocycles. The van der Waals surface area contributed by atoms with Crippen LogP contribution in [0.15, 0.2) is 24.3 Å². The number of hydrogen-bond acceptors (Lipinski definition) is 2. The fourth-order valence-electron chi connectivity index (χ4n) is 1.74. The van der Waals surface area contributed by atoms with Gasteiger partial charge >= 0.3 is 0 Å². The number of aliphatic hydroxyl groups is 1. The molecule has 0 saturated carbocycles. The van der Waals surface area contributed by atoms with Crippen molar-refractivity contribution in [1.82, 2.24) is 4.90 Å². The zero-order valence-corrected chi connectivity index (χ0v) is 8.19. The Labute approximate surface area is 87.1 Å². The highest BCUT2D eigenvalue weighted by molar-refractivity contribution is 5.79. The monoisotopic (exact) mass is 209 g/mol. The summed E-state index contributed by atoms with van der Waals surface area (Å²) in [4.78, 5) is 12.8. The third-order valence-electron chi connectivity index (χ3n) is 2.51. The molecule has 1 aliphatic rings. The van der Waals surface area contributed by atoms with Crippen LogP contribution in [0.4, 0.5) is 4.39 Å². The molecule has 1 amide bonds. The van der Waals surface area contributed by atoms with E-state index >= 15 is 0 Å². The van der Waals surface area contributed by atoms with Crippen molar-refractivity contribution in [2.75, 3.05) is 6.54 Å². The highest BCUT2D eigenvalue weighted by atomic mass is 19.1. The molecule has 1 aromatic rings. The molecule has 0 bridgehead atoms. The molecule has 0 aromatic heterocycles. The van der Waals surface area contributed by atoms with Crippen LogP contribution in [-0.4, -0.2) is 28.6 Å². The van der Waals surface area contributed by atoms with Crippen molar-refractivity contribution in [2.24, 2.45) is 0 Å². The topological polar surface area (TPSA) is 40.5 Å². The lowest BCUT2D eigenvalue weighted by atomic mass is 10.2. The van der Waals surface area contributed by atoms with E-state index in [2.05, 4.69) is 0 Å². The third-order valence-corrected chi connectivity index (χ3v) is 2.51. The van der Waals surface area contributed by atoms with Crippen LogP contribution in [-0.2, 0) is 11.3 Å². The second-order valence-electron chi connectivity index (χ2n) is 3.72. The summed E-state index contributed by atoms with van der Waals surface area (Å²) in [5.74, 6) is -0.433. The summed E-state index contributed by atoms with van der Waals surface area (Å²) in [6.07, 6.45) is -0.460. The average molecular weight is 209 g/mol. The summed E-state index contributed by atoms with van der Waals surface area (Å²) >= 11 is 0. The third kappa shape index (κ3) is 2.15. The second kappa shape index (κ2) is 3.98. The minimum atomic E-state index is -0.607. The summed E-state index contributed by atoms with van der Waals surface area (Å²) in [6.45, 7) is 0.537. The summed E-state index contributed by atoms with van der Waals surface area (Å²) in [5, 5.41) is 9.26. The zero-order chi connectivity index (χ0) is 10.8. The highest BCUT2D eigenvalue weighted by Gasteiger charge is 2.28. The first-order chi connectivity index (χ1) is 7.16. The highest BCUT2D eigenvalue weighted by Crippen LogP contribution is 2.16. The standard InChI is InChI=1S/C11H12FNO2/c12-10-4-2-1-3-8(10)6-13-7-9(14)5-11(13)15/h1-4,9,14H,5-7H2. The van der Waals surface area contributed by atoms with E-state index in [-0.39, 0.29) is 24.7 Å². The van der Waals surface area contributed by atoms with Crippen molar-refractivity contribution in [3.8, 4) is 0 Å². The van der Waals surface area contributed by atoms with Gasteiger partial charge < -0.3 is 10.0 Å². The number of halogens is 1. The summed E-state index contributed by atoms with van der Waals surface area (Å²) < 4.78 is 13.3. The van der Waals surface area contributed by atoms with Crippen LogP contribution < -0.4 is 0 Å². The van der Waals surface area contributed by atoms with Gasteiger partial charge in [0.1, 0.15) is 5.82 Å². The van der Waals surface area contributed by atoms with E-state index in [4.69, 9.17) is 0 Å². The van der Waals surface area contributed by atoms with Gasteiger partial charge in [-0.2, -0.15) is 0 Å². The van der Waals surface area contributed by atoms with Crippen molar-refractivity contribution in [1.29, 1.82) is 0 Å². The SMILES string of the molecule is O=C1CC(O)CN1Cc1ccccc1F. The Bertz CT molecular complexity index is 381. The van der Waals surface area contributed by atoms with Gasteiger partial charge in [0.25, 0.3) is 0 Å². The molecule has 80 valence electrons. The minimum absolute atomic E-state index is 0.120. The maximum atomic E-state index is 13.3. The molecule has 1 saturated heterocycles. The number of rotatable bonds is 2. The molecule has 15 heavy (non-hydrogen) atoms. The Morgan fingerprint density at radius 3 is 2.80 bits per heavy atom. The molecule has 1 heterocycles. The van der Waals surface area contributed by atoms with Crippen LogP contribution in [0.2, 0.25) is 0 Å². The lowest BCUT2D eigenvalue weighted by Gasteiger charge is -2.15. The van der Waals surface area contributed by atoms with E-state index in [0.717, 1.165) is 0 Å². The first-order valence-electron chi connectivity index (χ1n) is 4.86. The first-order valence-corrected chi connectivity index (χ1v) is 4.86. The average Bonchev–Trinajstić information content (AvgIpc) is 2.49. The molecule has 1 fully saturated rings. The van der Waals surface area contributed by atoms with Crippen LogP contribution in [0.25, 0.3) is 0 Å². The van der Waals surface area contributed by atoms with Gasteiger partial charge in [-0.15, -0.1) is 0 Å². The molecule has 1 unspecified atom stereocenters. The van der Waals surface area contributed by atoms with Crippen molar-refractivity contribution < 1.29 is 14.3 Å². The van der Waals surface area contributed by atoms with Gasteiger partial charge in [-0.3, -0.25) is 4.79 Å². The molecule has 0 radical (unpaired) electrons. The fourth-order valence-corrected chi connectivity index (χ4v) is 1.74. The number of β-amino-alcohol motifs (C(OH)–C–C–N with tert-alkyl or cyclic N) is 1. The van der Waals surface area contributed by atoms with E-state index in [9.17, 15) is 14.3 Å². The summed E-state index contributed by atoms with van der Waals surface area (Å²) in [7, 11) is 0. The lowest BCUT2D eigenvalue weighted by Crippen LogP contribution is -2.25. The van der Waals surface area contributed by atoms with Crippen LogP contribution in [0.1, 0.15) is 12.0 Å². The van der Waals surface area contributed by atoms with Crippen LogP contribution >= 0.6 is 0 Å². The zero-order valence-electron chi connectivity index (χ0n) is 8.19. The van der Waals surface area contributed by atoms with Gasteiger partial charge in [-0.25, -0.2) is 4.39 Å². The molecule has 1 aromatic carbocycles. The lowest BCUT2D eigenvalue weighted by molar-refractivity contribution is -0.128. The van der Waals surface area contributed by atoms with Crippen LogP contribution in [0, 0.1) is 5.82 Å². The van der Waals surface area contributed by atoms with Crippen molar-refractivity contribution >= 4 is 5.91 Å². The number of nitrogens with zero attached hydrogens (tertiary/aromatic N) is 1. The normalized spacial score (nSPS) is 21.1. The van der Waals surface area contributed by atoms with E-state index in [1.807, 2.05) is 0 Å². The molecular weight excluding hydrogens is 197 g/mol. The van der Waals surface area contributed by atoms with E-state index in [0.29, 0.717) is 12.1 Å². The molecule has 1 N–H and O–H groups in total. The predicted octanol–water partition coefficient (Wildman–Crippen LogP) is 0.919. The quantitative estimate of drug-likeness (QED) is 0.786. The number of aliphatic hydroxyl groups excluding tert-OH is 1. The number of carbonyl (C=O) groups is 1. The Balaban J connectivity index is 2.09. The number of carbonyl (C=O) groups excluding carboxylic acids is 1. The van der Waals surface area contributed by atoms with Gasteiger partial charge in [0.2, 0.25) is 5.91 Å².